The van der Waals surface area contributed by atoms with Crippen LogP contribution in [-0.2, 0) is 4.79 Å². The molecule has 0 aliphatic heterocycles. The van der Waals surface area contributed by atoms with E-state index in [1.54, 1.807) is 7.11 Å². The van der Waals surface area contributed by atoms with Crippen LogP contribution in [0.3, 0.4) is 0 Å². The monoisotopic (exact) mass is 396 g/mol. The van der Waals surface area contributed by atoms with E-state index in [0.717, 1.165) is 29.2 Å². The van der Waals surface area contributed by atoms with Gasteiger partial charge in [-0.05, 0) is 37.6 Å². The van der Waals surface area contributed by atoms with Crippen LogP contribution in [0.2, 0.25) is 0 Å². The predicted octanol–water partition coefficient (Wildman–Crippen LogP) is 3.95. The Kier molecular flexibility index (Phi) is 6.71. The summed E-state index contributed by atoms with van der Waals surface area (Å²) in [7, 11) is 1.64. The molecule has 1 aromatic heterocycles. The van der Waals surface area contributed by atoms with Crippen molar-refractivity contribution in [3.05, 3.63) is 54.6 Å². The van der Waals surface area contributed by atoms with E-state index in [2.05, 4.69) is 15.5 Å². The molecule has 1 heterocycles. The van der Waals surface area contributed by atoms with Crippen molar-refractivity contribution in [1.29, 1.82) is 0 Å². The molecule has 2 aromatic carbocycles. The lowest BCUT2D eigenvalue weighted by Gasteiger charge is -2.12. The second-order valence-corrected chi connectivity index (χ2v) is 7.31. The zero-order valence-electron chi connectivity index (χ0n) is 16.3. The van der Waals surface area contributed by atoms with Gasteiger partial charge < -0.3 is 10.1 Å². The smallest absolute Gasteiger partial charge is 0.230 e. The van der Waals surface area contributed by atoms with Crippen LogP contribution in [-0.4, -0.2) is 39.6 Å². The van der Waals surface area contributed by atoms with Crippen molar-refractivity contribution in [3.8, 4) is 22.8 Å². The number of thioether (sulfide) groups is 1. The largest absolute Gasteiger partial charge is 0.497 e. The molecule has 1 amide bonds. The van der Waals surface area contributed by atoms with Gasteiger partial charge in [0.2, 0.25) is 5.91 Å². The van der Waals surface area contributed by atoms with Crippen molar-refractivity contribution in [3.63, 3.8) is 0 Å². The third-order valence-electron chi connectivity index (χ3n) is 4.35. The van der Waals surface area contributed by atoms with E-state index in [4.69, 9.17) is 4.74 Å². The fraction of sp³-hybridized carbons (Fsp3) is 0.286. The molecule has 0 spiro atoms. The van der Waals surface area contributed by atoms with Gasteiger partial charge in [-0.1, -0.05) is 49.0 Å². The minimum atomic E-state index is -0.00936. The molecule has 0 aliphatic carbocycles. The van der Waals surface area contributed by atoms with Gasteiger partial charge >= 0.3 is 0 Å². The predicted molar refractivity (Wildman–Crippen MR) is 112 cm³/mol. The fourth-order valence-corrected chi connectivity index (χ4v) is 3.41. The number of ether oxygens (including phenoxy) is 1. The van der Waals surface area contributed by atoms with Crippen LogP contribution in [0.15, 0.2) is 59.8 Å². The summed E-state index contributed by atoms with van der Waals surface area (Å²) in [5, 5.41) is 12.4. The summed E-state index contributed by atoms with van der Waals surface area (Å²) >= 11 is 1.37. The molecule has 0 saturated heterocycles. The van der Waals surface area contributed by atoms with Gasteiger partial charge in [0.15, 0.2) is 11.0 Å². The zero-order chi connectivity index (χ0) is 19.9. The lowest BCUT2D eigenvalue weighted by molar-refractivity contribution is -0.119. The second-order valence-electron chi connectivity index (χ2n) is 6.37. The number of benzene rings is 2. The minimum absolute atomic E-state index is 0.00936. The number of hydrogen-bond acceptors (Lipinski definition) is 5. The molecule has 7 heteroatoms. The maximum Gasteiger partial charge on any atom is 0.230 e. The van der Waals surface area contributed by atoms with Crippen molar-refractivity contribution >= 4 is 17.7 Å². The van der Waals surface area contributed by atoms with E-state index in [-0.39, 0.29) is 17.7 Å². The highest BCUT2D eigenvalue weighted by Gasteiger charge is 2.17. The molecule has 0 aliphatic rings. The molecule has 6 nitrogen and oxygen atoms in total. The first-order chi connectivity index (χ1) is 13.6. The Morgan fingerprint density at radius 3 is 2.50 bits per heavy atom. The molecular formula is C21H24N4O2S. The van der Waals surface area contributed by atoms with E-state index in [1.807, 2.05) is 73.0 Å². The van der Waals surface area contributed by atoms with Gasteiger partial charge in [0, 0.05) is 17.3 Å². The van der Waals surface area contributed by atoms with Gasteiger partial charge in [0.1, 0.15) is 5.75 Å². The Hall–Kier alpha value is -2.80. The van der Waals surface area contributed by atoms with Crippen molar-refractivity contribution in [2.75, 3.05) is 12.9 Å². The SMILES string of the molecule is CCC(C)NC(=O)CSc1nnc(-c2ccccc2)n1-c1ccc(OC)cc1. The summed E-state index contributed by atoms with van der Waals surface area (Å²) in [6.07, 6.45) is 0.899. The van der Waals surface area contributed by atoms with Gasteiger partial charge in [-0.3, -0.25) is 9.36 Å². The summed E-state index contributed by atoms with van der Waals surface area (Å²) in [5.74, 6) is 1.79. The van der Waals surface area contributed by atoms with Gasteiger partial charge in [-0.2, -0.15) is 0 Å². The number of carbonyl (C=O) groups is 1. The third-order valence-corrected chi connectivity index (χ3v) is 5.28. The van der Waals surface area contributed by atoms with Crippen LogP contribution in [0.4, 0.5) is 0 Å². The Labute approximate surface area is 169 Å². The Morgan fingerprint density at radius 1 is 1.14 bits per heavy atom. The maximum absolute atomic E-state index is 12.2. The zero-order valence-corrected chi connectivity index (χ0v) is 17.1. The lowest BCUT2D eigenvalue weighted by atomic mass is 10.2. The molecule has 1 unspecified atom stereocenters. The summed E-state index contributed by atoms with van der Waals surface area (Å²) < 4.78 is 7.23. The number of nitrogens with one attached hydrogen (secondary N) is 1. The minimum Gasteiger partial charge on any atom is -0.497 e. The van der Waals surface area contributed by atoms with Crippen LogP contribution in [0.25, 0.3) is 17.1 Å². The van der Waals surface area contributed by atoms with Crippen LogP contribution < -0.4 is 10.1 Å². The number of aromatic nitrogens is 3. The topological polar surface area (TPSA) is 69.0 Å². The molecule has 0 radical (unpaired) electrons. The molecule has 146 valence electrons. The number of rotatable bonds is 8. The van der Waals surface area contributed by atoms with E-state index in [9.17, 15) is 4.79 Å². The van der Waals surface area contributed by atoms with Crippen LogP contribution >= 0.6 is 11.8 Å². The number of carbonyl (C=O) groups excluding carboxylic acids is 1. The maximum atomic E-state index is 12.2. The molecule has 28 heavy (non-hydrogen) atoms. The highest BCUT2D eigenvalue weighted by molar-refractivity contribution is 7.99. The van der Waals surface area contributed by atoms with Gasteiger partial charge in [0.05, 0.1) is 12.9 Å². The van der Waals surface area contributed by atoms with Gasteiger partial charge in [-0.25, -0.2) is 0 Å². The average molecular weight is 397 g/mol. The number of methoxy groups -OCH3 is 1. The normalized spacial score (nSPS) is 11.8. The molecule has 0 fully saturated rings. The lowest BCUT2D eigenvalue weighted by Crippen LogP contribution is -2.33. The first kappa shape index (κ1) is 19.9. The van der Waals surface area contributed by atoms with Crippen LogP contribution in [0.5, 0.6) is 5.75 Å². The summed E-state index contributed by atoms with van der Waals surface area (Å²) in [6.45, 7) is 4.04. The molecule has 1 atom stereocenters. The Bertz CT molecular complexity index is 910. The molecule has 0 bridgehead atoms. The number of nitrogens with zero attached hydrogens (tertiary/aromatic N) is 3. The quantitative estimate of drug-likeness (QED) is 0.584. The highest BCUT2D eigenvalue weighted by Crippen LogP contribution is 2.28. The molecule has 3 rings (SSSR count). The molecule has 3 aromatic rings. The van der Waals surface area contributed by atoms with Crippen molar-refractivity contribution in [2.24, 2.45) is 0 Å². The summed E-state index contributed by atoms with van der Waals surface area (Å²) in [5.41, 5.74) is 1.87. The number of hydrogen-bond donors (Lipinski definition) is 1. The average Bonchev–Trinajstić information content (AvgIpc) is 3.16. The second kappa shape index (κ2) is 9.41. The third kappa shape index (κ3) is 4.72. The van der Waals surface area contributed by atoms with E-state index in [1.165, 1.54) is 11.8 Å². The van der Waals surface area contributed by atoms with Gasteiger partial charge in [0.25, 0.3) is 0 Å². The van der Waals surface area contributed by atoms with Crippen molar-refractivity contribution in [2.45, 2.75) is 31.5 Å². The van der Waals surface area contributed by atoms with E-state index in [0.29, 0.717) is 5.16 Å². The van der Waals surface area contributed by atoms with Crippen molar-refractivity contribution < 1.29 is 9.53 Å². The van der Waals surface area contributed by atoms with E-state index >= 15 is 0 Å². The Balaban J connectivity index is 1.91. The molecule has 0 saturated carbocycles. The Morgan fingerprint density at radius 2 is 1.86 bits per heavy atom. The molecule has 1 N–H and O–H groups in total. The standard InChI is InChI=1S/C21H24N4O2S/c1-4-15(2)22-19(26)14-28-21-24-23-20(16-8-6-5-7-9-16)25(21)17-10-12-18(27-3)13-11-17/h5-13,15H,4,14H2,1-3H3,(H,22,26). The summed E-state index contributed by atoms with van der Waals surface area (Å²) in [6, 6.07) is 17.8. The van der Waals surface area contributed by atoms with Crippen molar-refractivity contribution in [1.82, 2.24) is 20.1 Å². The van der Waals surface area contributed by atoms with Crippen LogP contribution in [0, 0.1) is 0 Å². The first-order valence-corrected chi connectivity index (χ1v) is 10.2. The van der Waals surface area contributed by atoms with Crippen LogP contribution in [0.1, 0.15) is 20.3 Å². The number of amides is 1. The van der Waals surface area contributed by atoms with E-state index < -0.39 is 0 Å². The summed E-state index contributed by atoms with van der Waals surface area (Å²) in [4.78, 5) is 12.2. The fourth-order valence-electron chi connectivity index (χ4n) is 2.65. The first-order valence-electron chi connectivity index (χ1n) is 9.19. The highest BCUT2D eigenvalue weighted by atomic mass is 32.2. The molecular weight excluding hydrogens is 372 g/mol. The van der Waals surface area contributed by atoms with Gasteiger partial charge in [-0.15, -0.1) is 10.2 Å².